The molecule has 1 aromatic carbocycles. The Morgan fingerprint density at radius 2 is 1.94 bits per heavy atom. The predicted octanol–water partition coefficient (Wildman–Crippen LogP) is 2.02. The molecule has 0 N–H and O–H groups in total. The normalized spacial score (nSPS) is 14.4. The number of aryl methyl sites for hydroxylation is 1. The van der Waals surface area contributed by atoms with Gasteiger partial charge in [-0.1, -0.05) is 6.07 Å². The van der Waals surface area contributed by atoms with Gasteiger partial charge in [0.1, 0.15) is 0 Å². The first-order valence-electron chi connectivity index (χ1n) is 5.14. The molecule has 0 aliphatic carbocycles. The van der Waals surface area contributed by atoms with Gasteiger partial charge in [-0.3, -0.25) is 4.84 Å². The van der Waals surface area contributed by atoms with Crippen LogP contribution in [0.25, 0.3) is 0 Å². The number of benzene rings is 1. The van der Waals surface area contributed by atoms with Crippen LogP contribution in [0.5, 0.6) is 11.5 Å². The van der Waals surface area contributed by atoms with E-state index < -0.39 is 0 Å². The molecule has 2 rings (SSSR count). The van der Waals surface area contributed by atoms with Crippen molar-refractivity contribution in [1.82, 2.24) is 0 Å². The maximum Gasteiger partial charge on any atom is 0.186 e. The van der Waals surface area contributed by atoms with Gasteiger partial charge in [-0.15, -0.1) is 0 Å². The van der Waals surface area contributed by atoms with E-state index in [9.17, 15) is 5.21 Å². The van der Waals surface area contributed by atoms with Crippen LogP contribution in [0, 0.1) is 12.1 Å². The lowest BCUT2D eigenvalue weighted by atomic mass is 10.2. The maximum absolute atomic E-state index is 11.5. The molecule has 0 aromatic heterocycles. The van der Waals surface area contributed by atoms with Crippen LogP contribution in [0.4, 0.5) is 5.69 Å². The standard InChI is InChI=1S/C11H14NO4/c1-8-4-5-9(12(13)14-2)11-10(8)15-6-3-7-16-11/h4-5H,3,6-7H2,1-2H3/q-1. The Morgan fingerprint density at radius 1 is 1.25 bits per heavy atom. The van der Waals surface area contributed by atoms with Crippen molar-refractivity contribution in [2.24, 2.45) is 0 Å². The number of hydrogen-bond donors (Lipinski definition) is 0. The van der Waals surface area contributed by atoms with Crippen molar-refractivity contribution < 1.29 is 14.3 Å². The van der Waals surface area contributed by atoms with Crippen LogP contribution < -0.4 is 14.7 Å². The number of rotatable bonds is 2. The van der Waals surface area contributed by atoms with E-state index >= 15 is 0 Å². The summed E-state index contributed by atoms with van der Waals surface area (Å²) in [5.41, 5.74) is 1.29. The molecule has 5 heteroatoms. The van der Waals surface area contributed by atoms with E-state index in [4.69, 9.17) is 9.47 Å². The molecule has 5 nitrogen and oxygen atoms in total. The lowest BCUT2D eigenvalue weighted by molar-refractivity contribution is 0.194. The fourth-order valence-corrected chi connectivity index (χ4v) is 1.62. The number of fused-ring (bicyclic) bond motifs is 1. The van der Waals surface area contributed by atoms with Crippen molar-refractivity contribution in [3.8, 4) is 11.5 Å². The van der Waals surface area contributed by atoms with Crippen LogP contribution in [0.1, 0.15) is 12.0 Å². The third-order valence-corrected chi connectivity index (χ3v) is 2.43. The Kier molecular flexibility index (Phi) is 3.17. The lowest BCUT2D eigenvalue weighted by Crippen LogP contribution is -2.14. The third-order valence-electron chi connectivity index (χ3n) is 2.43. The van der Waals surface area contributed by atoms with Crippen LogP contribution in [-0.2, 0) is 4.84 Å². The van der Waals surface area contributed by atoms with Crippen LogP contribution in [0.2, 0.25) is 0 Å². The molecular formula is C11H14NO4-. The SMILES string of the molecule is CON([O-])c1ccc(C)c2c1OCCCO2. The first-order chi connectivity index (χ1) is 7.74. The second-order valence-corrected chi connectivity index (χ2v) is 3.55. The lowest BCUT2D eigenvalue weighted by Gasteiger charge is -2.29. The summed E-state index contributed by atoms with van der Waals surface area (Å²) in [5, 5.41) is 11.9. The number of hydrogen-bond acceptors (Lipinski definition) is 5. The molecule has 0 bridgehead atoms. The minimum Gasteiger partial charge on any atom is -0.733 e. The summed E-state index contributed by atoms with van der Waals surface area (Å²) in [6.07, 6.45) is 0.805. The summed E-state index contributed by atoms with van der Waals surface area (Å²) in [7, 11) is 1.32. The van der Waals surface area contributed by atoms with Gasteiger partial charge >= 0.3 is 0 Å². The van der Waals surface area contributed by atoms with Crippen molar-refractivity contribution in [3.63, 3.8) is 0 Å². The number of anilines is 1. The zero-order valence-electron chi connectivity index (χ0n) is 9.36. The van der Waals surface area contributed by atoms with Gasteiger partial charge in [0.2, 0.25) is 0 Å². The van der Waals surface area contributed by atoms with Crippen molar-refractivity contribution in [2.75, 3.05) is 25.6 Å². The number of nitrogens with zero attached hydrogens (tertiary/aromatic N) is 1. The second-order valence-electron chi connectivity index (χ2n) is 3.55. The third kappa shape index (κ3) is 1.91. The fourth-order valence-electron chi connectivity index (χ4n) is 1.62. The molecule has 0 amide bonds. The van der Waals surface area contributed by atoms with Crippen molar-refractivity contribution in [2.45, 2.75) is 13.3 Å². The Labute approximate surface area is 94.1 Å². The van der Waals surface area contributed by atoms with Crippen LogP contribution in [-0.4, -0.2) is 20.3 Å². The minimum absolute atomic E-state index is 0.338. The molecule has 0 fully saturated rings. The van der Waals surface area contributed by atoms with Gasteiger partial charge in [-0.2, -0.15) is 0 Å². The molecule has 0 saturated carbocycles. The smallest absolute Gasteiger partial charge is 0.186 e. The Hall–Kier alpha value is -1.46. The zero-order valence-corrected chi connectivity index (χ0v) is 9.36. The highest BCUT2D eigenvalue weighted by Gasteiger charge is 2.18. The van der Waals surface area contributed by atoms with Gasteiger partial charge in [0, 0.05) is 6.42 Å². The summed E-state index contributed by atoms with van der Waals surface area (Å²) >= 11 is 0. The maximum atomic E-state index is 11.5. The summed E-state index contributed by atoms with van der Waals surface area (Å²) in [4.78, 5) is 4.63. The van der Waals surface area contributed by atoms with E-state index in [1.807, 2.05) is 13.0 Å². The Morgan fingerprint density at radius 3 is 2.62 bits per heavy atom. The van der Waals surface area contributed by atoms with E-state index in [1.165, 1.54) is 7.11 Å². The van der Waals surface area contributed by atoms with Gasteiger partial charge in [0.25, 0.3) is 0 Å². The van der Waals surface area contributed by atoms with Crippen LogP contribution >= 0.6 is 0 Å². The zero-order chi connectivity index (χ0) is 11.5. The average Bonchev–Trinajstić information content (AvgIpc) is 2.55. The summed E-state index contributed by atoms with van der Waals surface area (Å²) in [6, 6.07) is 3.48. The highest BCUT2D eigenvalue weighted by molar-refractivity contribution is 5.66. The molecule has 16 heavy (non-hydrogen) atoms. The summed E-state index contributed by atoms with van der Waals surface area (Å²) in [5.74, 6) is 1.10. The molecule has 0 unspecified atom stereocenters. The molecule has 0 saturated heterocycles. The molecule has 1 aliphatic rings. The molecule has 1 aromatic rings. The highest BCUT2D eigenvalue weighted by Crippen LogP contribution is 2.41. The molecule has 0 spiro atoms. The summed E-state index contributed by atoms with van der Waals surface area (Å²) < 4.78 is 11.1. The highest BCUT2D eigenvalue weighted by atomic mass is 16.9. The largest absolute Gasteiger partial charge is 0.733 e. The quantitative estimate of drug-likeness (QED) is 0.719. The van der Waals surface area contributed by atoms with Crippen molar-refractivity contribution in [1.29, 1.82) is 0 Å². The van der Waals surface area contributed by atoms with Gasteiger partial charge in [-0.25, -0.2) is 0 Å². The van der Waals surface area contributed by atoms with E-state index in [0.29, 0.717) is 35.6 Å². The van der Waals surface area contributed by atoms with Crippen LogP contribution in [0.3, 0.4) is 0 Å². The molecule has 0 radical (unpaired) electrons. The Balaban J connectivity index is 2.47. The second kappa shape index (κ2) is 4.59. The molecule has 1 heterocycles. The van der Waals surface area contributed by atoms with E-state index in [1.54, 1.807) is 6.07 Å². The fraction of sp³-hybridized carbons (Fsp3) is 0.455. The van der Waals surface area contributed by atoms with E-state index in [-0.39, 0.29) is 0 Å². The first kappa shape index (κ1) is 11.0. The van der Waals surface area contributed by atoms with Gasteiger partial charge in [0.15, 0.2) is 11.5 Å². The van der Waals surface area contributed by atoms with Gasteiger partial charge in [-0.05, 0) is 18.6 Å². The molecular weight excluding hydrogens is 210 g/mol. The first-order valence-corrected chi connectivity index (χ1v) is 5.14. The summed E-state index contributed by atoms with van der Waals surface area (Å²) in [6.45, 7) is 3.06. The van der Waals surface area contributed by atoms with Crippen LogP contribution in [0.15, 0.2) is 12.1 Å². The predicted molar refractivity (Wildman–Crippen MR) is 59.6 cm³/mol. The average molecular weight is 224 g/mol. The number of ether oxygens (including phenoxy) is 2. The van der Waals surface area contributed by atoms with E-state index in [2.05, 4.69) is 4.84 Å². The van der Waals surface area contributed by atoms with Gasteiger partial charge < -0.3 is 19.9 Å². The molecule has 88 valence electrons. The minimum atomic E-state index is 0.338. The molecule has 0 atom stereocenters. The Bertz CT molecular complexity index is 380. The van der Waals surface area contributed by atoms with E-state index in [0.717, 1.165) is 12.0 Å². The van der Waals surface area contributed by atoms with Crippen molar-refractivity contribution in [3.05, 3.63) is 22.9 Å². The molecule has 1 aliphatic heterocycles. The monoisotopic (exact) mass is 224 g/mol. The van der Waals surface area contributed by atoms with Gasteiger partial charge in [0.05, 0.1) is 26.0 Å². The van der Waals surface area contributed by atoms with Crippen molar-refractivity contribution >= 4 is 5.69 Å². The topological polar surface area (TPSA) is 54.0 Å².